The Morgan fingerprint density at radius 2 is 2.21 bits per heavy atom. The Balaban J connectivity index is 1.99. The third-order valence-electron chi connectivity index (χ3n) is 2.50. The van der Waals surface area contributed by atoms with Crippen LogP contribution in [-0.4, -0.2) is 6.04 Å². The Labute approximate surface area is 84.5 Å². The molecule has 1 N–H and O–H groups in total. The van der Waals surface area contributed by atoms with E-state index in [0.29, 0.717) is 6.04 Å². The Hall–Kier alpha value is -1.12. The molecule has 74 valence electrons. The Morgan fingerprint density at radius 3 is 2.93 bits per heavy atom. The monoisotopic (exact) mass is 189 g/mol. The first-order valence-corrected chi connectivity index (χ1v) is 4.97. The highest BCUT2D eigenvalue weighted by Crippen LogP contribution is 2.27. The summed E-state index contributed by atoms with van der Waals surface area (Å²) in [5, 5.41) is 0. The first-order chi connectivity index (χ1) is 6.90. The smallest absolute Gasteiger partial charge is 0.106 e. The lowest BCUT2D eigenvalue weighted by molar-refractivity contribution is 0.0259. The maximum Gasteiger partial charge on any atom is 0.106 e. The Kier molecular flexibility index (Phi) is 2.96. The molecule has 1 aliphatic heterocycles. The molecule has 1 aromatic rings. The van der Waals surface area contributed by atoms with E-state index in [2.05, 4.69) is 24.2 Å². The van der Waals surface area contributed by atoms with Gasteiger partial charge in [0.2, 0.25) is 0 Å². The van der Waals surface area contributed by atoms with E-state index in [1.807, 2.05) is 24.3 Å². The minimum Gasteiger partial charge on any atom is -0.293 e. The average molecular weight is 189 g/mol. The Bertz CT molecular complexity index is 296. The van der Waals surface area contributed by atoms with Crippen LogP contribution in [0.3, 0.4) is 0 Å². The molecule has 0 spiro atoms. The van der Waals surface area contributed by atoms with E-state index in [9.17, 15) is 0 Å². The van der Waals surface area contributed by atoms with Crippen LogP contribution in [0.1, 0.15) is 24.5 Å². The lowest BCUT2D eigenvalue weighted by Gasteiger charge is -2.06. The molecule has 1 fully saturated rings. The van der Waals surface area contributed by atoms with Gasteiger partial charge in [-0.25, -0.2) is 0 Å². The fourth-order valence-corrected chi connectivity index (χ4v) is 1.75. The van der Waals surface area contributed by atoms with Gasteiger partial charge in [0.1, 0.15) is 6.10 Å². The van der Waals surface area contributed by atoms with Crippen molar-refractivity contribution >= 4 is 0 Å². The minimum absolute atomic E-state index is 0.196. The number of hydrogen-bond donors (Lipinski definition) is 1. The van der Waals surface area contributed by atoms with Gasteiger partial charge in [0.15, 0.2) is 0 Å². The van der Waals surface area contributed by atoms with E-state index in [4.69, 9.17) is 4.84 Å². The van der Waals surface area contributed by atoms with Crippen LogP contribution in [-0.2, 0) is 4.84 Å². The topological polar surface area (TPSA) is 21.3 Å². The van der Waals surface area contributed by atoms with Crippen LogP contribution in [0.2, 0.25) is 0 Å². The molecular weight excluding hydrogens is 174 g/mol. The van der Waals surface area contributed by atoms with Crippen molar-refractivity contribution in [2.45, 2.75) is 25.0 Å². The minimum atomic E-state index is 0.196. The fraction of sp³-hybridized carbons (Fsp3) is 0.333. The number of rotatable bonds is 3. The molecule has 1 heterocycles. The maximum absolute atomic E-state index is 5.51. The molecule has 14 heavy (non-hydrogen) atoms. The van der Waals surface area contributed by atoms with Gasteiger partial charge in [-0.1, -0.05) is 36.4 Å². The standard InChI is InChI=1S/C12H15NO/c1-2-6-11-9-12(14-13-11)10-7-4-3-5-8-10/h2-5,7-8,11-13H,1,6,9H2/t11-,12+/m0/s1. The van der Waals surface area contributed by atoms with E-state index in [0.717, 1.165) is 12.8 Å². The van der Waals surface area contributed by atoms with Gasteiger partial charge in [0, 0.05) is 6.04 Å². The summed E-state index contributed by atoms with van der Waals surface area (Å²) < 4.78 is 0. The zero-order valence-corrected chi connectivity index (χ0v) is 8.15. The highest BCUT2D eigenvalue weighted by Gasteiger charge is 2.25. The van der Waals surface area contributed by atoms with E-state index in [1.54, 1.807) is 0 Å². The van der Waals surface area contributed by atoms with E-state index < -0.39 is 0 Å². The van der Waals surface area contributed by atoms with Gasteiger partial charge in [-0.2, -0.15) is 5.48 Å². The van der Waals surface area contributed by atoms with E-state index >= 15 is 0 Å². The molecule has 2 atom stereocenters. The highest BCUT2D eigenvalue weighted by molar-refractivity contribution is 5.18. The summed E-state index contributed by atoms with van der Waals surface area (Å²) in [7, 11) is 0. The normalized spacial score (nSPS) is 26.3. The second kappa shape index (κ2) is 4.40. The zero-order chi connectivity index (χ0) is 9.80. The first kappa shape index (κ1) is 9.44. The van der Waals surface area contributed by atoms with Crippen LogP contribution in [0.25, 0.3) is 0 Å². The second-order valence-corrected chi connectivity index (χ2v) is 3.59. The van der Waals surface area contributed by atoms with Crippen molar-refractivity contribution in [2.75, 3.05) is 0 Å². The van der Waals surface area contributed by atoms with Gasteiger partial charge < -0.3 is 0 Å². The molecule has 0 saturated carbocycles. The third kappa shape index (κ3) is 2.03. The molecule has 0 aromatic heterocycles. The summed E-state index contributed by atoms with van der Waals surface area (Å²) in [5.74, 6) is 0. The molecule has 0 unspecified atom stereocenters. The zero-order valence-electron chi connectivity index (χ0n) is 8.15. The van der Waals surface area contributed by atoms with Crippen LogP contribution in [0, 0.1) is 0 Å². The van der Waals surface area contributed by atoms with Gasteiger partial charge in [0.05, 0.1) is 0 Å². The van der Waals surface area contributed by atoms with Crippen molar-refractivity contribution < 1.29 is 4.84 Å². The number of hydroxylamine groups is 1. The average Bonchev–Trinajstić information content (AvgIpc) is 2.68. The predicted octanol–water partition coefficient (Wildman–Crippen LogP) is 2.60. The number of hydrogen-bond acceptors (Lipinski definition) is 2. The van der Waals surface area contributed by atoms with Crippen molar-refractivity contribution in [1.82, 2.24) is 5.48 Å². The summed E-state index contributed by atoms with van der Waals surface area (Å²) in [5.41, 5.74) is 4.28. The summed E-state index contributed by atoms with van der Waals surface area (Å²) in [6.45, 7) is 3.73. The van der Waals surface area contributed by atoms with Crippen molar-refractivity contribution in [2.24, 2.45) is 0 Å². The third-order valence-corrected chi connectivity index (χ3v) is 2.50. The molecule has 1 aliphatic rings. The van der Waals surface area contributed by atoms with Crippen LogP contribution in [0.5, 0.6) is 0 Å². The summed E-state index contributed by atoms with van der Waals surface area (Å²) in [4.78, 5) is 5.51. The van der Waals surface area contributed by atoms with Crippen LogP contribution in [0.4, 0.5) is 0 Å². The molecule has 0 aliphatic carbocycles. The van der Waals surface area contributed by atoms with E-state index in [1.165, 1.54) is 5.56 Å². The molecule has 2 rings (SSSR count). The van der Waals surface area contributed by atoms with Gasteiger partial charge in [-0.05, 0) is 18.4 Å². The maximum atomic E-state index is 5.51. The van der Waals surface area contributed by atoms with Crippen molar-refractivity contribution in [1.29, 1.82) is 0 Å². The largest absolute Gasteiger partial charge is 0.293 e. The molecule has 0 bridgehead atoms. The second-order valence-electron chi connectivity index (χ2n) is 3.59. The lowest BCUT2D eigenvalue weighted by atomic mass is 10.0. The van der Waals surface area contributed by atoms with Crippen LogP contribution >= 0.6 is 0 Å². The molecule has 0 amide bonds. The first-order valence-electron chi connectivity index (χ1n) is 4.97. The molecule has 2 nitrogen and oxygen atoms in total. The van der Waals surface area contributed by atoms with E-state index in [-0.39, 0.29) is 6.10 Å². The number of benzene rings is 1. The van der Waals surface area contributed by atoms with Crippen molar-refractivity contribution in [3.05, 3.63) is 48.6 Å². The molecule has 1 aromatic carbocycles. The predicted molar refractivity (Wildman–Crippen MR) is 56.6 cm³/mol. The van der Waals surface area contributed by atoms with Gasteiger partial charge in [-0.15, -0.1) is 6.58 Å². The molecule has 0 radical (unpaired) electrons. The van der Waals surface area contributed by atoms with Gasteiger partial charge in [-0.3, -0.25) is 4.84 Å². The van der Waals surface area contributed by atoms with Gasteiger partial charge in [0.25, 0.3) is 0 Å². The van der Waals surface area contributed by atoms with Crippen molar-refractivity contribution in [3.63, 3.8) is 0 Å². The number of nitrogens with one attached hydrogen (secondary N) is 1. The van der Waals surface area contributed by atoms with Crippen LogP contribution < -0.4 is 5.48 Å². The van der Waals surface area contributed by atoms with Crippen molar-refractivity contribution in [3.8, 4) is 0 Å². The highest BCUT2D eigenvalue weighted by atomic mass is 16.7. The SMILES string of the molecule is C=CC[C@H]1C[C@H](c2ccccc2)ON1. The molecule has 2 heteroatoms. The van der Waals surface area contributed by atoms with Crippen LogP contribution in [0.15, 0.2) is 43.0 Å². The fourth-order valence-electron chi connectivity index (χ4n) is 1.75. The quantitative estimate of drug-likeness (QED) is 0.738. The summed E-state index contributed by atoms with van der Waals surface area (Å²) in [6, 6.07) is 10.7. The summed E-state index contributed by atoms with van der Waals surface area (Å²) >= 11 is 0. The Morgan fingerprint density at radius 1 is 1.43 bits per heavy atom. The molecule has 1 saturated heterocycles. The lowest BCUT2D eigenvalue weighted by Crippen LogP contribution is -2.18. The summed E-state index contributed by atoms with van der Waals surface area (Å²) in [6.07, 6.45) is 4.11. The molecular formula is C12H15NO. The van der Waals surface area contributed by atoms with Gasteiger partial charge >= 0.3 is 0 Å².